The summed E-state index contributed by atoms with van der Waals surface area (Å²) in [6.07, 6.45) is 0.574. The number of nitrogens with zero attached hydrogens (tertiary/aromatic N) is 2. The molecule has 0 spiro atoms. The number of rotatable bonds is 2. The van der Waals surface area contributed by atoms with Gasteiger partial charge in [0.2, 0.25) is 5.79 Å². The minimum atomic E-state index is -1.21. The summed E-state index contributed by atoms with van der Waals surface area (Å²) in [6, 6.07) is 4.21. The number of ether oxygens (including phenoxy) is 2. The van der Waals surface area contributed by atoms with Gasteiger partial charge in [-0.1, -0.05) is 20.8 Å². The van der Waals surface area contributed by atoms with Crippen molar-refractivity contribution in [3.63, 3.8) is 0 Å². The topological polar surface area (TPSA) is 66.0 Å². The van der Waals surface area contributed by atoms with Gasteiger partial charge >= 0.3 is 0 Å². The number of methoxy groups -OCH3 is 2. The third-order valence-corrected chi connectivity index (χ3v) is 3.65. The molecule has 1 unspecified atom stereocenters. The molecule has 1 fully saturated rings. The zero-order valence-corrected chi connectivity index (χ0v) is 10.5. The van der Waals surface area contributed by atoms with E-state index in [4.69, 9.17) is 9.47 Å². The summed E-state index contributed by atoms with van der Waals surface area (Å²) in [6.45, 7) is 6.07. The molecule has 0 radical (unpaired) electrons. The van der Waals surface area contributed by atoms with Crippen molar-refractivity contribution in [1.82, 2.24) is 0 Å². The fraction of sp³-hybridized carbons (Fsp3) is 0.833. The van der Waals surface area contributed by atoms with Gasteiger partial charge in [-0.2, -0.15) is 10.5 Å². The van der Waals surface area contributed by atoms with E-state index in [9.17, 15) is 10.5 Å². The molecule has 0 aromatic rings. The van der Waals surface area contributed by atoms with Crippen LogP contribution in [-0.2, 0) is 9.47 Å². The largest absolute Gasteiger partial charge is 0.351 e. The van der Waals surface area contributed by atoms with Gasteiger partial charge in [0.15, 0.2) is 5.41 Å². The third kappa shape index (κ3) is 1.34. The molecule has 0 aromatic carbocycles. The highest BCUT2D eigenvalue weighted by Gasteiger charge is 2.71. The van der Waals surface area contributed by atoms with Crippen LogP contribution in [0.15, 0.2) is 0 Å². The van der Waals surface area contributed by atoms with Crippen LogP contribution in [0.3, 0.4) is 0 Å². The second kappa shape index (κ2) is 3.73. The van der Waals surface area contributed by atoms with Gasteiger partial charge in [0, 0.05) is 26.6 Å². The van der Waals surface area contributed by atoms with Gasteiger partial charge in [0.05, 0.1) is 12.1 Å². The normalized spacial score (nSPS) is 26.3. The fourth-order valence-corrected chi connectivity index (χ4v) is 2.60. The van der Waals surface area contributed by atoms with E-state index in [0.717, 1.165) is 0 Å². The lowest BCUT2D eigenvalue weighted by molar-refractivity contribution is -0.334. The van der Waals surface area contributed by atoms with Gasteiger partial charge in [0.1, 0.15) is 0 Å². The van der Waals surface area contributed by atoms with Crippen molar-refractivity contribution < 1.29 is 9.47 Å². The predicted octanol–water partition coefficient (Wildman–Crippen LogP) is 2.08. The van der Waals surface area contributed by atoms with E-state index in [-0.39, 0.29) is 11.3 Å². The first-order chi connectivity index (χ1) is 7.33. The maximum atomic E-state index is 9.34. The minimum Gasteiger partial charge on any atom is -0.351 e. The average Bonchev–Trinajstić information content (AvgIpc) is 2.19. The number of nitriles is 2. The van der Waals surface area contributed by atoms with E-state index in [1.807, 2.05) is 20.8 Å². The van der Waals surface area contributed by atoms with E-state index in [1.165, 1.54) is 14.2 Å². The number of hydrogen-bond donors (Lipinski definition) is 0. The Labute approximate surface area is 96.8 Å². The molecule has 0 amide bonds. The molecule has 0 aliphatic heterocycles. The maximum absolute atomic E-state index is 9.34. The monoisotopic (exact) mass is 222 g/mol. The summed E-state index contributed by atoms with van der Waals surface area (Å²) in [4.78, 5) is 0. The first-order valence-electron chi connectivity index (χ1n) is 5.26. The Kier molecular flexibility index (Phi) is 3.02. The Morgan fingerprint density at radius 1 is 1.12 bits per heavy atom. The lowest BCUT2D eigenvalue weighted by Crippen LogP contribution is -2.67. The standard InChI is InChI=1S/C12H18N2O2/c1-10(2,3)9-6-12(15-4,16-5)11(9,7-13)8-14/h9H,6H2,1-5H3. The van der Waals surface area contributed by atoms with E-state index >= 15 is 0 Å². The van der Waals surface area contributed by atoms with Crippen molar-refractivity contribution >= 4 is 0 Å². The van der Waals surface area contributed by atoms with E-state index < -0.39 is 11.2 Å². The van der Waals surface area contributed by atoms with Crippen LogP contribution in [-0.4, -0.2) is 20.0 Å². The summed E-state index contributed by atoms with van der Waals surface area (Å²) < 4.78 is 10.6. The zero-order chi connectivity index (χ0) is 12.6. The fourth-order valence-electron chi connectivity index (χ4n) is 2.60. The second-order valence-corrected chi connectivity index (χ2v) is 5.32. The predicted molar refractivity (Wildman–Crippen MR) is 58.0 cm³/mol. The first-order valence-corrected chi connectivity index (χ1v) is 5.26. The van der Waals surface area contributed by atoms with Gasteiger partial charge in [-0.25, -0.2) is 0 Å². The summed E-state index contributed by atoms with van der Waals surface area (Å²) in [5, 5.41) is 18.7. The molecule has 1 aliphatic carbocycles. The Morgan fingerprint density at radius 2 is 1.56 bits per heavy atom. The van der Waals surface area contributed by atoms with Gasteiger partial charge in [-0.3, -0.25) is 0 Å². The van der Waals surface area contributed by atoms with Crippen LogP contribution in [0.4, 0.5) is 0 Å². The Hall–Kier alpha value is -1.10. The van der Waals surface area contributed by atoms with Crippen molar-refractivity contribution in [2.45, 2.75) is 33.0 Å². The molecule has 0 bridgehead atoms. The molecule has 4 nitrogen and oxygen atoms in total. The van der Waals surface area contributed by atoms with Crippen LogP contribution in [0.25, 0.3) is 0 Å². The molecule has 1 aliphatic rings. The van der Waals surface area contributed by atoms with Gasteiger partial charge in [0.25, 0.3) is 0 Å². The van der Waals surface area contributed by atoms with Crippen molar-refractivity contribution in [3.8, 4) is 12.1 Å². The highest BCUT2D eigenvalue weighted by molar-refractivity contribution is 5.31. The molecule has 1 atom stereocenters. The Balaban J connectivity index is 3.20. The lowest BCUT2D eigenvalue weighted by atomic mass is 9.49. The summed E-state index contributed by atoms with van der Waals surface area (Å²) in [7, 11) is 2.96. The van der Waals surface area contributed by atoms with Gasteiger partial charge in [-0.15, -0.1) is 0 Å². The van der Waals surface area contributed by atoms with Crippen LogP contribution < -0.4 is 0 Å². The lowest BCUT2D eigenvalue weighted by Gasteiger charge is -2.58. The first kappa shape index (κ1) is 13.0. The summed E-state index contributed by atoms with van der Waals surface area (Å²) >= 11 is 0. The molecule has 0 N–H and O–H groups in total. The Morgan fingerprint density at radius 3 is 1.81 bits per heavy atom. The number of hydrogen-bond acceptors (Lipinski definition) is 4. The van der Waals surface area contributed by atoms with Crippen LogP contribution in [0.2, 0.25) is 0 Å². The Bertz CT molecular complexity index is 339. The molecule has 0 heterocycles. The van der Waals surface area contributed by atoms with Crippen molar-refractivity contribution in [2.75, 3.05) is 14.2 Å². The van der Waals surface area contributed by atoms with Gasteiger partial charge < -0.3 is 9.47 Å². The van der Waals surface area contributed by atoms with E-state index in [2.05, 4.69) is 12.1 Å². The van der Waals surface area contributed by atoms with Crippen LogP contribution in [0, 0.1) is 39.4 Å². The van der Waals surface area contributed by atoms with Gasteiger partial charge in [-0.05, 0) is 5.41 Å². The average molecular weight is 222 g/mol. The van der Waals surface area contributed by atoms with Crippen molar-refractivity contribution in [1.29, 1.82) is 10.5 Å². The molecular weight excluding hydrogens is 204 g/mol. The second-order valence-electron chi connectivity index (χ2n) is 5.32. The zero-order valence-electron chi connectivity index (χ0n) is 10.5. The summed E-state index contributed by atoms with van der Waals surface area (Å²) in [5.41, 5.74) is -1.33. The molecule has 0 aromatic heterocycles. The van der Waals surface area contributed by atoms with Crippen molar-refractivity contribution in [3.05, 3.63) is 0 Å². The molecule has 88 valence electrons. The van der Waals surface area contributed by atoms with E-state index in [0.29, 0.717) is 6.42 Å². The molecule has 0 saturated heterocycles. The van der Waals surface area contributed by atoms with E-state index in [1.54, 1.807) is 0 Å². The van der Waals surface area contributed by atoms with Crippen LogP contribution >= 0.6 is 0 Å². The van der Waals surface area contributed by atoms with Crippen LogP contribution in [0.1, 0.15) is 27.2 Å². The van der Waals surface area contributed by atoms with Crippen LogP contribution in [0.5, 0.6) is 0 Å². The highest BCUT2D eigenvalue weighted by atomic mass is 16.7. The molecule has 1 saturated carbocycles. The minimum absolute atomic E-state index is 0.0464. The molecule has 16 heavy (non-hydrogen) atoms. The third-order valence-electron chi connectivity index (χ3n) is 3.65. The molecule has 4 heteroatoms. The smallest absolute Gasteiger partial charge is 0.200 e. The SMILES string of the molecule is COC1(OC)CC(C(C)(C)C)C1(C#N)C#N. The van der Waals surface area contributed by atoms with Crippen molar-refractivity contribution in [2.24, 2.45) is 16.7 Å². The highest BCUT2D eigenvalue weighted by Crippen LogP contribution is 2.62. The molecule has 1 rings (SSSR count). The quantitative estimate of drug-likeness (QED) is 0.671. The maximum Gasteiger partial charge on any atom is 0.200 e. The molecular formula is C12H18N2O2. The summed E-state index contributed by atoms with van der Waals surface area (Å²) in [5.74, 6) is -1.12.